The molecule has 0 aliphatic carbocycles. The van der Waals surface area contributed by atoms with Crippen LogP contribution in [0.1, 0.15) is 15.9 Å². The van der Waals surface area contributed by atoms with Crippen molar-refractivity contribution >= 4 is 55.1 Å². The minimum atomic E-state index is -0.159. The summed E-state index contributed by atoms with van der Waals surface area (Å²) >= 11 is 12.5. The Labute approximate surface area is 133 Å². The number of hydrogen-bond acceptors (Lipinski definition) is 1. The number of anilines is 1. The van der Waals surface area contributed by atoms with Crippen molar-refractivity contribution in [3.8, 4) is 0 Å². The molecule has 0 saturated carbocycles. The first-order valence-electron chi connectivity index (χ1n) is 5.52. The van der Waals surface area contributed by atoms with E-state index < -0.39 is 0 Å². The summed E-state index contributed by atoms with van der Waals surface area (Å²) in [5.41, 5.74) is 2.30. The molecule has 1 amide bonds. The van der Waals surface area contributed by atoms with Crippen LogP contribution in [-0.4, -0.2) is 5.91 Å². The largest absolute Gasteiger partial charge is 0.320 e. The van der Waals surface area contributed by atoms with Crippen LogP contribution in [0, 0.1) is 0 Å². The molecule has 0 unspecified atom stereocenters. The van der Waals surface area contributed by atoms with Crippen LogP contribution in [0.15, 0.2) is 51.4 Å². The Morgan fingerprint density at radius 2 is 1.63 bits per heavy atom. The summed E-state index contributed by atoms with van der Waals surface area (Å²) in [7, 11) is 0. The van der Waals surface area contributed by atoms with Crippen molar-refractivity contribution in [1.29, 1.82) is 0 Å². The summed E-state index contributed by atoms with van der Waals surface area (Å²) in [5.74, 6) is 0.284. The molecule has 0 radical (unpaired) electrons. The fraction of sp³-hybridized carbons (Fsp3) is 0.0714. The van der Waals surface area contributed by atoms with E-state index in [4.69, 9.17) is 11.6 Å². The fourth-order valence-corrected chi connectivity index (χ4v) is 2.92. The van der Waals surface area contributed by atoms with Gasteiger partial charge in [-0.25, -0.2) is 0 Å². The standard InChI is InChI=1S/C14H10Br2ClNO/c15-11-2-1-3-12(16)13(11)18-14(19)10-6-4-9(8-17)5-7-10/h1-7H,8H2,(H,18,19). The van der Waals surface area contributed by atoms with Gasteiger partial charge in [-0.05, 0) is 61.7 Å². The highest BCUT2D eigenvalue weighted by Crippen LogP contribution is 2.30. The molecule has 2 aromatic rings. The van der Waals surface area contributed by atoms with Crippen LogP contribution >= 0.6 is 43.5 Å². The molecule has 0 aromatic heterocycles. The number of para-hydroxylation sites is 1. The van der Waals surface area contributed by atoms with Crippen molar-refractivity contribution in [3.63, 3.8) is 0 Å². The number of carbonyl (C=O) groups is 1. The Morgan fingerprint density at radius 1 is 1.05 bits per heavy atom. The third-order valence-corrected chi connectivity index (χ3v) is 4.20. The molecule has 0 saturated heterocycles. The number of amides is 1. The van der Waals surface area contributed by atoms with Gasteiger partial charge < -0.3 is 5.32 Å². The number of carbonyl (C=O) groups excluding carboxylic acids is 1. The smallest absolute Gasteiger partial charge is 0.255 e. The lowest BCUT2D eigenvalue weighted by atomic mass is 10.1. The molecule has 0 heterocycles. The molecule has 5 heteroatoms. The van der Waals surface area contributed by atoms with Crippen LogP contribution in [0.5, 0.6) is 0 Å². The van der Waals surface area contributed by atoms with Gasteiger partial charge in [0.1, 0.15) is 0 Å². The Hall–Kier alpha value is -0.840. The minimum absolute atomic E-state index is 0.159. The molecule has 19 heavy (non-hydrogen) atoms. The number of alkyl halides is 1. The van der Waals surface area contributed by atoms with Gasteiger partial charge in [-0.2, -0.15) is 0 Å². The average Bonchev–Trinajstić information content (AvgIpc) is 2.43. The van der Waals surface area contributed by atoms with Crippen LogP contribution in [0.2, 0.25) is 0 Å². The predicted molar refractivity (Wildman–Crippen MR) is 85.8 cm³/mol. The lowest BCUT2D eigenvalue weighted by molar-refractivity contribution is 0.102. The summed E-state index contributed by atoms with van der Waals surface area (Å²) in [6, 6.07) is 12.8. The van der Waals surface area contributed by atoms with E-state index in [0.717, 1.165) is 14.5 Å². The van der Waals surface area contributed by atoms with Gasteiger partial charge in [0.15, 0.2) is 0 Å². The highest BCUT2D eigenvalue weighted by molar-refractivity contribution is 9.11. The molecule has 1 N–H and O–H groups in total. The van der Waals surface area contributed by atoms with Crippen LogP contribution < -0.4 is 5.32 Å². The maximum absolute atomic E-state index is 12.1. The topological polar surface area (TPSA) is 29.1 Å². The monoisotopic (exact) mass is 401 g/mol. The normalized spacial score (nSPS) is 10.3. The highest BCUT2D eigenvalue weighted by atomic mass is 79.9. The van der Waals surface area contributed by atoms with E-state index in [0.29, 0.717) is 17.1 Å². The first-order chi connectivity index (χ1) is 9.11. The molecule has 0 fully saturated rings. The van der Waals surface area contributed by atoms with Crippen molar-refractivity contribution in [1.82, 2.24) is 0 Å². The Bertz CT molecular complexity index is 579. The fourth-order valence-electron chi connectivity index (χ4n) is 1.55. The molecule has 2 nitrogen and oxygen atoms in total. The zero-order valence-corrected chi connectivity index (χ0v) is 13.7. The van der Waals surface area contributed by atoms with E-state index in [1.54, 1.807) is 12.1 Å². The quantitative estimate of drug-likeness (QED) is 0.701. The lowest BCUT2D eigenvalue weighted by Crippen LogP contribution is -2.12. The number of rotatable bonds is 3. The van der Waals surface area contributed by atoms with Crippen molar-refractivity contribution in [3.05, 3.63) is 62.5 Å². The predicted octanol–water partition coefficient (Wildman–Crippen LogP) is 5.20. The van der Waals surface area contributed by atoms with Gasteiger partial charge in [-0.15, -0.1) is 11.6 Å². The minimum Gasteiger partial charge on any atom is -0.320 e. The summed E-state index contributed by atoms with van der Waals surface area (Å²) in [5, 5.41) is 2.87. The van der Waals surface area contributed by atoms with E-state index in [2.05, 4.69) is 37.2 Å². The van der Waals surface area contributed by atoms with Gasteiger partial charge in [0.2, 0.25) is 0 Å². The zero-order chi connectivity index (χ0) is 13.8. The van der Waals surface area contributed by atoms with E-state index in [9.17, 15) is 4.79 Å². The van der Waals surface area contributed by atoms with Gasteiger partial charge >= 0.3 is 0 Å². The molecule has 2 rings (SSSR count). The van der Waals surface area contributed by atoms with Crippen LogP contribution in [0.25, 0.3) is 0 Å². The highest BCUT2D eigenvalue weighted by Gasteiger charge is 2.10. The second kappa shape index (κ2) is 6.55. The number of halogens is 3. The van der Waals surface area contributed by atoms with Crippen molar-refractivity contribution in [2.75, 3.05) is 5.32 Å². The summed E-state index contributed by atoms with van der Waals surface area (Å²) in [6.45, 7) is 0. The SMILES string of the molecule is O=C(Nc1c(Br)cccc1Br)c1ccc(CCl)cc1. The lowest BCUT2D eigenvalue weighted by Gasteiger charge is -2.09. The van der Waals surface area contributed by atoms with Gasteiger partial charge in [0.25, 0.3) is 5.91 Å². The zero-order valence-electron chi connectivity index (χ0n) is 9.79. The molecule has 0 bridgehead atoms. The molecule has 0 spiro atoms. The Morgan fingerprint density at radius 3 is 2.16 bits per heavy atom. The summed E-state index contributed by atoms with van der Waals surface area (Å²) in [6.07, 6.45) is 0. The van der Waals surface area contributed by atoms with Gasteiger partial charge in [-0.1, -0.05) is 18.2 Å². The number of hydrogen-bond donors (Lipinski definition) is 1. The average molecular weight is 404 g/mol. The van der Waals surface area contributed by atoms with Crippen molar-refractivity contribution < 1.29 is 4.79 Å². The van der Waals surface area contributed by atoms with E-state index in [-0.39, 0.29) is 5.91 Å². The van der Waals surface area contributed by atoms with Gasteiger partial charge in [-0.3, -0.25) is 4.79 Å². The first-order valence-corrected chi connectivity index (χ1v) is 7.64. The second-order valence-corrected chi connectivity index (χ2v) is 5.86. The Balaban J connectivity index is 2.20. The third-order valence-electron chi connectivity index (χ3n) is 2.57. The number of benzene rings is 2. The number of nitrogens with one attached hydrogen (secondary N) is 1. The first kappa shape index (κ1) is 14.6. The van der Waals surface area contributed by atoms with Crippen LogP contribution in [0.4, 0.5) is 5.69 Å². The summed E-state index contributed by atoms with van der Waals surface area (Å²) in [4.78, 5) is 12.1. The maximum Gasteiger partial charge on any atom is 0.255 e. The van der Waals surface area contributed by atoms with Gasteiger partial charge in [0.05, 0.1) is 5.69 Å². The Kier molecular flexibility index (Phi) is 5.02. The molecule has 2 aromatic carbocycles. The van der Waals surface area contributed by atoms with Crippen molar-refractivity contribution in [2.45, 2.75) is 5.88 Å². The van der Waals surface area contributed by atoms with Crippen LogP contribution in [0.3, 0.4) is 0 Å². The second-order valence-electron chi connectivity index (χ2n) is 3.88. The van der Waals surface area contributed by atoms with E-state index in [1.165, 1.54) is 0 Å². The molecule has 0 aliphatic heterocycles. The summed E-state index contributed by atoms with van der Waals surface area (Å²) < 4.78 is 1.65. The van der Waals surface area contributed by atoms with Crippen molar-refractivity contribution in [2.24, 2.45) is 0 Å². The molecule has 0 atom stereocenters. The maximum atomic E-state index is 12.1. The molecule has 0 aliphatic rings. The molecular weight excluding hydrogens is 393 g/mol. The third kappa shape index (κ3) is 3.59. The van der Waals surface area contributed by atoms with Gasteiger partial charge in [0, 0.05) is 20.4 Å². The molecule has 98 valence electrons. The molecular formula is C14H10Br2ClNO. The van der Waals surface area contributed by atoms with E-state index >= 15 is 0 Å². The van der Waals surface area contributed by atoms with Crippen LogP contribution in [-0.2, 0) is 5.88 Å². The van der Waals surface area contributed by atoms with E-state index in [1.807, 2.05) is 30.3 Å².